The Balaban J connectivity index is 2.33. The first kappa shape index (κ1) is 15.3. The number of anilines is 3. The van der Waals surface area contributed by atoms with E-state index in [2.05, 4.69) is 21.2 Å². The van der Waals surface area contributed by atoms with Gasteiger partial charge in [0.05, 0.1) is 23.0 Å². The second kappa shape index (κ2) is 5.73. The van der Waals surface area contributed by atoms with Crippen molar-refractivity contribution in [3.05, 3.63) is 46.4 Å². The SMILES string of the molecule is N#Cc1ccc(Nc2ccc(S(N)(=O)=O)c(N)c2)c(Br)c1. The monoisotopic (exact) mass is 366 g/mol. The summed E-state index contributed by atoms with van der Waals surface area (Å²) in [6, 6.07) is 11.5. The molecule has 0 aliphatic heterocycles. The second-order valence-electron chi connectivity index (χ2n) is 4.23. The molecule has 8 heteroatoms. The molecular formula is C13H11BrN4O2S. The van der Waals surface area contributed by atoms with Crippen molar-refractivity contribution in [1.29, 1.82) is 5.26 Å². The maximum Gasteiger partial charge on any atom is 0.240 e. The van der Waals surface area contributed by atoms with Crippen LogP contribution < -0.4 is 16.2 Å². The molecule has 2 rings (SSSR count). The van der Waals surface area contributed by atoms with Crippen molar-refractivity contribution in [2.45, 2.75) is 4.90 Å². The molecule has 0 bridgehead atoms. The van der Waals surface area contributed by atoms with Gasteiger partial charge < -0.3 is 11.1 Å². The van der Waals surface area contributed by atoms with E-state index in [1.807, 2.05) is 6.07 Å². The van der Waals surface area contributed by atoms with Gasteiger partial charge in [-0.2, -0.15) is 5.26 Å². The van der Waals surface area contributed by atoms with E-state index < -0.39 is 10.0 Å². The Morgan fingerprint density at radius 2 is 1.90 bits per heavy atom. The fourth-order valence-electron chi connectivity index (χ4n) is 1.73. The number of sulfonamides is 1. The molecule has 5 N–H and O–H groups in total. The summed E-state index contributed by atoms with van der Waals surface area (Å²) in [5, 5.41) is 16.9. The van der Waals surface area contributed by atoms with Gasteiger partial charge in [0.15, 0.2) is 0 Å². The van der Waals surface area contributed by atoms with Crippen LogP contribution in [0.2, 0.25) is 0 Å². The lowest BCUT2D eigenvalue weighted by Crippen LogP contribution is -2.14. The van der Waals surface area contributed by atoms with Gasteiger partial charge in [-0.15, -0.1) is 0 Å². The van der Waals surface area contributed by atoms with Crippen molar-refractivity contribution in [3.8, 4) is 6.07 Å². The molecule has 108 valence electrons. The lowest BCUT2D eigenvalue weighted by molar-refractivity contribution is 0.598. The third kappa shape index (κ3) is 3.52. The number of nitrogens with zero attached hydrogens (tertiary/aromatic N) is 1. The Morgan fingerprint density at radius 1 is 1.19 bits per heavy atom. The van der Waals surface area contributed by atoms with Crippen molar-refractivity contribution < 1.29 is 8.42 Å². The summed E-state index contributed by atoms with van der Waals surface area (Å²) in [5.74, 6) is 0. The van der Waals surface area contributed by atoms with Crippen molar-refractivity contribution >= 4 is 43.0 Å². The van der Waals surface area contributed by atoms with Gasteiger partial charge >= 0.3 is 0 Å². The summed E-state index contributed by atoms with van der Waals surface area (Å²) >= 11 is 3.35. The van der Waals surface area contributed by atoms with Crippen LogP contribution in [0.4, 0.5) is 17.1 Å². The summed E-state index contributed by atoms with van der Waals surface area (Å²) < 4.78 is 23.3. The van der Waals surface area contributed by atoms with Crippen molar-refractivity contribution in [2.75, 3.05) is 11.1 Å². The van der Waals surface area contributed by atoms with E-state index in [1.165, 1.54) is 12.1 Å². The zero-order valence-electron chi connectivity index (χ0n) is 10.7. The van der Waals surface area contributed by atoms with E-state index in [0.29, 0.717) is 15.7 Å². The maximum absolute atomic E-state index is 11.3. The lowest BCUT2D eigenvalue weighted by Gasteiger charge is -2.11. The second-order valence-corrected chi connectivity index (χ2v) is 6.61. The predicted octanol–water partition coefficient (Wildman–Crippen LogP) is 2.29. The van der Waals surface area contributed by atoms with Gasteiger partial charge in [-0.1, -0.05) is 0 Å². The van der Waals surface area contributed by atoms with Crippen molar-refractivity contribution in [1.82, 2.24) is 0 Å². The molecule has 2 aromatic rings. The molecule has 21 heavy (non-hydrogen) atoms. The molecule has 0 aromatic heterocycles. The molecule has 0 heterocycles. The minimum absolute atomic E-state index is 0.0623. The number of rotatable bonds is 3. The van der Waals surface area contributed by atoms with Crippen LogP contribution >= 0.6 is 15.9 Å². The average Bonchev–Trinajstić information content (AvgIpc) is 2.39. The Labute approximate surface area is 130 Å². The van der Waals surface area contributed by atoms with Gasteiger partial charge in [0.2, 0.25) is 10.0 Å². The summed E-state index contributed by atoms with van der Waals surface area (Å²) in [5.41, 5.74) is 7.60. The largest absolute Gasteiger partial charge is 0.398 e. The average molecular weight is 367 g/mol. The summed E-state index contributed by atoms with van der Waals surface area (Å²) in [7, 11) is -3.84. The van der Waals surface area contributed by atoms with Crippen LogP contribution in [0.15, 0.2) is 45.8 Å². The number of primary sulfonamides is 1. The number of hydrogen-bond acceptors (Lipinski definition) is 5. The Hall–Kier alpha value is -2.08. The highest BCUT2D eigenvalue weighted by Crippen LogP contribution is 2.29. The predicted molar refractivity (Wildman–Crippen MR) is 84.4 cm³/mol. The molecule has 0 radical (unpaired) electrons. The van der Waals surface area contributed by atoms with E-state index in [-0.39, 0.29) is 10.6 Å². The Kier molecular flexibility index (Phi) is 4.18. The van der Waals surface area contributed by atoms with Crippen LogP contribution in [-0.2, 0) is 10.0 Å². The molecule has 0 saturated heterocycles. The number of benzene rings is 2. The first-order valence-electron chi connectivity index (χ1n) is 5.70. The van der Waals surface area contributed by atoms with Crippen LogP contribution in [0.1, 0.15) is 5.56 Å². The number of nitrogens with one attached hydrogen (secondary N) is 1. The molecular weight excluding hydrogens is 356 g/mol. The molecule has 0 atom stereocenters. The molecule has 0 fully saturated rings. The maximum atomic E-state index is 11.3. The minimum Gasteiger partial charge on any atom is -0.398 e. The zero-order chi connectivity index (χ0) is 15.6. The molecule has 0 unspecified atom stereocenters. The van der Waals surface area contributed by atoms with E-state index >= 15 is 0 Å². The minimum atomic E-state index is -3.84. The Morgan fingerprint density at radius 3 is 2.43 bits per heavy atom. The molecule has 0 saturated carbocycles. The van der Waals surface area contributed by atoms with Gasteiger partial charge in [-0.05, 0) is 52.3 Å². The van der Waals surface area contributed by atoms with Gasteiger partial charge in [-0.25, -0.2) is 13.6 Å². The number of halogens is 1. The highest BCUT2D eigenvalue weighted by Gasteiger charge is 2.12. The quantitative estimate of drug-likeness (QED) is 0.719. The van der Waals surface area contributed by atoms with Crippen LogP contribution in [0, 0.1) is 11.3 Å². The molecule has 0 aliphatic carbocycles. The van der Waals surface area contributed by atoms with E-state index in [4.69, 9.17) is 16.1 Å². The normalized spacial score (nSPS) is 10.9. The fraction of sp³-hybridized carbons (Fsp3) is 0. The fourth-order valence-corrected chi connectivity index (χ4v) is 2.85. The highest BCUT2D eigenvalue weighted by molar-refractivity contribution is 9.10. The number of nitriles is 1. The van der Waals surface area contributed by atoms with Crippen LogP contribution in [-0.4, -0.2) is 8.42 Å². The van der Waals surface area contributed by atoms with Crippen LogP contribution in [0.25, 0.3) is 0 Å². The number of nitrogen functional groups attached to an aromatic ring is 1. The van der Waals surface area contributed by atoms with E-state index in [1.54, 1.807) is 24.3 Å². The van der Waals surface area contributed by atoms with E-state index in [9.17, 15) is 8.42 Å². The van der Waals surface area contributed by atoms with Crippen LogP contribution in [0.5, 0.6) is 0 Å². The van der Waals surface area contributed by atoms with E-state index in [0.717, 1.165) is 5.69 Å². The standard InChI is InChI=1S/C13H11BrN4O2S/c14-10-5-8(7-15)1-3-12(10)18-9-2-4-13(11(16)6-9)21(17,19)20/h1-6,18H,16H2,(H2,17,19,20). The third-order valence-electron chi connectivity index (χ3n) is 2.69. The smallest absolute Gasteiger partial charge is 0.240 e. The highest BCUT2D eigenvalue weighted by atomic mass is 79.9. The zero-order valence-corrected chi connectivity index (χ0v) is 13.1. The molecule has 0 spiro atoms. The van der Waals surface area contributed by atoms with Gasteiger partial charge in [0.1, 0.15) is 4.90 Å². The summed E-state index contributed by atoms with van der Waals surface area (Å²) in [6.07, 6.45) is 0. The third-order valence-corrected chi connectivity index (χ3v) is 4.33. The topological polar surface area (TPSA) is 122 Å². The van der Waals surface area contributed by atoms with Gasteiger partial charge in [0, 0.05) is 10.2 Å². The Bertz CT molecular complexity index is 844. The van der Waals surface area contributed by atoms with Gasteiger partial charge in [0.25, 0.3) is 0 Å². The molecule has 6 nitrogen and oxygen atoms in total. The lowest BCUT2D eigenvalue weighted by atomic mass is 10.2. The summed E-state index contributed by atoms with van der Waals surface area (Å²) in [6.45, 7) is 0. The summed E-state index contributed by atoms with van der Waals surface area (Å²) in [4.78, 5) is -0.119. The van der Waals surface area contributed by atoms with Gasteiger partial charge in [-0.3, -0.25) is 0 Å². The molecule has 0 aliphatic rings. The molecule has 0 amide bonds. The first-order chi connectivity index (χ1) is 9.81. The first-order valence-corrected chi connectivity index (χ1v) is 8.04. The number of nitrogens with two attached hydrogens (primary N) is 2. The molecule has 2 aromatic carbocycles. The van der Waals surface area contributed by atoms with Crippen molar-refractivity contribution in [3.63, 3.8) is 0 Å². The number of hydrogen-bond donors (Lipinski definition) is 3. The van der Waals surface area contributed by atoms with Crippen LogP contribution in [0.3, 0.4) is 0 Å². The van der Waals surface area contributed by atoms with Crippen molar-refractivity contribution in [2.24, 2.45) is 5.14 Å².